The van der Waals surface area contributed by atoms with Crippen LogP contribution in [0.15, 0.2) is 29.2 Å². The van der Waals surface area contributed by atoms with Gasteiger partial charge in [0.2, 0.25) is 0 Å². The Morgan fingerprint density at radius 1 is 1.10 bits per heavy atom. The van der Waals surface area contributed by atoms with Crippen LogP contribution in [0.4, 0.5) is 0 Å². The quantitative estimate of drug-likeness (QED) is 0.412. The highest BCUT2D eigenvalue weighted by Gasteiger charge is 1.90. The van der Waals surface area contributed by atoms with Gasteiger partial charge in [-0.2, -0.15) is 0 Å². The van der Waals surface area contributed by atoms with Crippen LogP contribution in [-0.2, 0) is 10.7 Å². The van der Waals surface area contributed by atoms with Crippen LogP contribution in [-0.4, -0.2) is 16.3 Å². The molecule has 2 nitrogen and oxygen atoms in total. The van der Waals surface area contributed by atoms with E-state index in [4.69, 9.17) is 0 Å². The fraction of sp³-hybridized carbons (Fsp3) is 0. The molecule has 0 saturated carbocycles. The van der Waals surface area contributed by atoms with Gasteiger partial charge >= 0.3 is 0 Å². The fourth-order valence-electron chi connectivity index (χ4n) is 0.666. The average Bonchev–Trinajstić information content (AvgIpc) is 1.88. The molecule has 4 heteroatoms. The van der Waals surface area contributed by atoms with Crippen LogP contribution in [0.1, 0.15) is 0 Å². The molecule has 0 aliphatic heterocycles. The van der Waals surface area contributed by atoms with E-state index in [1.54, 1.807) is 24.3 Å². The van der Waals surface area contributed by atoms with Crippen molar-refractivity contribution in [1.82, 2.24) is 0 Å². The van der Waals surface area contributed by atoms with E-state index in [1.807, 2.05) is 7.85 Å². The Hall–Kier alpha value is -0.765. The molecular formula is C6H7BO2S. The number of thiol groups is 1. The maximum atomic E-state index is 10.3. The summed E-state index contributed by atoms with van der Waals surface area (Å²) in [5, 5.41) is 0. The molecule has 0 amide bonds. The summed E-state index contributed by atoms with van der Waals surface area (Å²) in [6.07, 6.45) is 0. The molecule has 0 aromatic heterocycles. The van der Waals surface area contributed by atoms with E-state index in [2.05, 4.69) is 0 Å². The zero-order chi connectivity index (χ0) is 7.56. The number of benzene rings is 1. The Bertz CT molecular complexity index is 281. The molecule has 0 spiro atoms. The first-order valence-electron chi connectivity index (χ1n) is 2.91. The lowest BCUT2D eigenvalue weighted by molar-refractivity contribution is 0.614. The molecule has 0 aliphatic rings. The molecular weight excluding hydrogens is 147 g/mol. The van der Waals surface area contributed by atoms with Crippen molar-refractivity contribution in [2.75, 3.05) is 0 Å². The normalized spacial score (nSPS) is 10.1. The Labute approximate surface area is 62.2 Å². The zero-order valence-corrected chi connectivity index (χ0v) is 6.47. The highest BCUT2D eigenvalue weighted by atomic mass is 32.2. The molecule has 0 radical (unpaired) electrons. The van der Waals surface area contributed by atoms with E-state index < -0.39 is 10.7 Å². The Morgan fingerprint density at radius 3 is 2.00 bits per heavy atom. The van der Waals surface area contributed by atoms with Crippen LogP contribution in [0.3, 0.4) is 0 Å². The molecule has 0 fully saturated rings. The van der Waals surface area contributed by atoms with Gasteiger partial charge in [-0.15, -0.1) is 0 Å². The summed E-state index contributed by atoms with van der Waals surface area (Å²) in [6.45, 7) is 0. The van der Waals surface area contributed by atoms with Crippen molar-refractivity contribution in [2.24, 2.45) is 0 Å². The summed E-state index contributed by atoms with van der Waals surface area (Å²) >= 11 is 0. The molecule has 0 atom stereocenters. The third kappa shape index (κ3) is 1.61. The van der Waals surface area contributed by atoms with E-state index in [-0.39, 0.29) is 0 Å². The van der Waals surface area contributed by atoms with Crippen LogP contribution < -0.4 is 5.46 Å². The maximum absolute atomic E-state index is 10.3. The summed E-state index contributed by atoms with van der Waals surface area (Å²) in [5.74, 6) is 0. The minimum Gasteiger partial charge on any atom is -0.227 e. The predicted octanol–water partition coefficient (Wildman–Crippen LogP) is -1.08. The van der Waals surface area contributed by atoms with Crippen molar-refractivity contribution >= 4 is 24.0 Å². The summed E-state index contributed by atoms with van der Waals surface area (Å²) in [5.41, 5.74) is 1.07. The minimum atomic E-state index is -2.41. The molecule has 0 saturated heterocycles. The number of hydrogen-bond donors (Lipinski definition) is 1. The van der Waals surface area contributed by atoms with Crippen molar-refractivity contribution in [1.29, 1.82) is 0 Å². The van der Waals surface area contributed by atoms with E-state index in [9.17, 15) is 8.42 Å². The first kappa shape index (κ1) is 7.34. The van der Waals surface area contributed by atoms with Crippen LogP contribution in [0.5, 0.6) is 0 Å². The van der Waals surface area contributed by atoms with Gasteiger partial charge in [-0.05, 0) is 12.1 Å². The predicted molar refractivity (Wildman–Crippen MR) is 43.2 cm³/mol. The fourth-order valence-corrected chi connectivity index (χ4v) is 1.06. The summed E-state index contributed by atoms with van der Waals surface area (Å²) in [6, 6.07) is 6.75. The van der Waals surface area contributed by atoms with Gasteiger partial charge < -0.3 is 0 Å². The van der Waals surface area contributed by atoms with Gasteiger partial charge in [0, 0.05) is 0 Å². The molecule has 10 heavy (non-hydrogen) atoms. The SMILES string of the molecule is Bc1ccc([SH](=O)=O)cc1. The van der Waals surface area contributed by atoms with Gasteiger partial charge in [-0.25, -0.2) is 8.42 Å². The van der Waals surface area contributed by atoms with Crippen molar-refractivity contribution in [2.45, 2.75) is 4.90 Å². The van der Waals surface area contributed by atoms with Crippen molar-refractivity contribution < 1.29 is 8.42 Å². The first-order valence-corrected chi connectivity index (χ1v) is 4.09. The number of hydrogen-bond acceptors (Lipinski definition) is 2. The second-order valence-electron chi connectivity index (χ2n) is 2.09. The molecule has 52 valence electrons. The summed E-state index contributed by atoms with van der Waals surface area (Å²) < 4.78 is 20.7. The lowest BCUT2D eigenvalue weighted by Gasteiger charge is -1.90. The third-order valence-corrected chi connectivity index (χ3v) is 1.96. The molecule has 1 aromatic carbocycles. The van der Waals surface area contributed by atoms with E-state index in [0.29, 0.717) is 4.90 Å². The zero-order valence-electron chi connectivity index (χ0n) is 5.57. The van der Waals surface area contributed by atoms with Gasteiger partial charge in [0.15, 0.2) is 10.7 Å². The second-order valence-corrected chi connectivity index (χ2v) is 3.12. The minimum absolute atomic E-state index is 0.376. The van der Waals surface area contributed by atoms with Crippen LogP contribution >= 0.6 is 0 Å². The molecule has 0 heterocycles. The van der Waals surface area contributed by atoms with Crippen LogP contribution in [0.2, 0.25) is 0 Å². The smallest absolute Gasteiger partial charge is 0.168 e. The second kappa shape index (κ2) is 2.88. The standard InChI is InChI=1S/C6H7BO2S/c7-5-1-3-6(4-2-5)10(8)9/h1-4,10H,7H2. The third-order valence-electron chi connectivity index (χ3n) is 1.24. The summed E-state index contributed by atoms with van der Waals surface area (Å²) in [7, 11) is -0.490. The van der Waals surface area contributed by atoms with Gasteiger partial charge in [0.1, 0.15) is 7.85 Å². The van der Waals surface area contributed by atoms with Crippen LogP contribution in [0.25, 0.3) is 0 Å². The summed E-state index contributed by atoms with van der Waals surface area (Å²) in [4.78, 5) is 0.376. The highest BCUT2D eigenvalue weighted by molar-refractivity contribution is 7.72. The van der Waals surface area contributed by atoms with Crippen molar-refractivity contribution in [3.63, 3.8) is 0 Å². The lowest BCUT2D eigenvalue weighted by atomic mass is 9.97. The van der Waals surface area contributed by atoms with E-state index in [0.717, 1.165) is 5.46 Å². The molecule has 0 aliphatic carbocycles. The molecule has 0 N–H and O–H groups in total. The molecule has 1 rings (SSSR count). The van der Waals surface area contributed by atoms with Crippen LogP contribution in [0, 0.1) is 0 Å². The Morgan fingerprint density at radius 2 is 1.60 bits per heavy atom. The topological polar surface area (TPSA) is 34.1 Å². The van der Waals surface area contributed by atoms with Gasteiger partial charge in [-0.3, -0.25) is 0 Å². The van der Waals surface area contributed by atoms with E-state index >= 15 is 0 Å². The first-order chi connectivity index (χ1) is 4.70. The molecule has 0 unspecified atom stereocenters. The van der Waals surface area contributed by atoms with Gasteiger partial charge in [0.05, 0.1) is 4.90 Å². The van der Waals surface area contributed by atoms with Crippen molar-refractivity contribution in [3.8, 4) is 0 Å². The van der Waals surface area contributed by atoms with Crippen molar-refractivity contribution in [3.05, 3.63) is 24.3 Å². The highest BCUT2D eigenvalue weighted by Crippen LogP contribution is 1.96. The van der Waals surface area contributed by atoms with Gasteiger partial charge in [-0.1, -0.05) is 17.6 Å². The monoisotopic (exact) mass is 154 g/mol. The number of rotatable bonds is 1. The lowest BCUT2D eigenvalue weighted by Crippen LogP contribution is -1.99. The molecule has 0 bridgehead atoms. The maximum Gasteiger partial charge on any atom is 0.168 e. The Balaban J connectivity index is 3.12. The largest absolute Gasteiger partial charge is 0.227 e. The average molecular weight is 154 g/mol. The van der Waals surface area contributed by atoms with E-state index in [1.165, 1.54) is 0 Å². The molecule has 1 aromatic rings. The van der Waals surface area contributed by atoms with Gasteiger partial charge in [0.25, 0.3) is 0 Å². The Kier molecular flexibility index (Phi) is 2.11.